The lowest BCUT2D eigenvalue weighted by atomic mass is 9.67. The summed E-state index contributed by atoms with van der Waals surface area (Å²) in [4.78, 5) is 0. The Morgan fingerprint density at radius 2 is 1.60 bits per heavy atom. The molecule has 1 aliphatic carbocycles. The minimum atomic E-state index is -0.271. The van der Waals surface area contributed by atoms with Crippen LogP contribution in [0.5, 0.6) is 0 Å². The van der Waals surface area contributed by atoms with Crippen molar-refractivity contribution in [1.82, 2.24) is 0 Å². The minimum absolute atomic E-state index is 0.271. The molecule has 2 unspecified atom stereocenters. The summed E-state index contributed by atoms with van der Waals surface area (Å²) < 4.78 is 0. The number of nitrogens with two attached hydrogens (primary N) is 2. The van der Waals surface area contributed by atoms with Crippen LogP contribution in [0.3, 0.4) is 0 Å². The van der Waals surface area contributed by atoms with Gasteiger partial charge in [-0.15, -0.1) is 0 Å². The number of anilines is 1. The van der Waals surface area contributed by atoms with Crippen molar-refractivity contribution in [3.8, 4) is 0 Å². The summed E-state index contributed by atoms with van der Waals surface area (Å²) in [6, 6.07) is 18.8. The van der Waals surface area contributed by atoms with Crippen molar-refractivity contribution >= 4 is 5.69 Å². The zero-order valence-corrected chi connectivity index (χ0v) is 11.8. The molecule has 1 aliphatic rings. The molecule has 2 aromatic rings. The third kappa shape index (κ3) is 2.32. The van der Waals surface area contributed by atoms with Crippen LogP contribution in [0.15, 0.2) is 54.6 Å². The average Bonchev–Trinajstić information content (AvgIpc) is 2.49. The largest absolute Gasteiger partial charge is 0.399 e. The van der Waals surface area contributed by atoms with Crippen molar-refractivity contribution in [1.29, 1.82) is 0 Å². The fourth-order valence-corrected chi connectivity index (χ4v) is 3.49. The Hall–Kier alpha value is -1.80. The van der Waals surface area contributed by atoms with Gasteiger partial charge in [-0.05, 0) is 36.1 Å². The molecule has 0 aromatic heterocycles. The third-order valence-electron chi connectivity index (χ3n) is 4.61. The highest BCUT2D eigenvalue weighted by atomic mass is 14.8. The standard InChI is InChI=1S/C18H22N2/c19-16-11-9-15(10-12-16)18(20)13-5-4-8-17(18)14-6-2-1-3-7-14/h1-3,6-7,9-12,17H,4-5,8,13,19-20H2. The second kappa shape index (κ2) is 5.29. The van der Waals surface area contributed by atoms with Crippen LogP contribution in [0.1, 0.15) is 42.7 Å². The molecule has 0 bridgehead atoms. The van der Waals surface area contributed by atoms with E-state index in [2.05, 4.69) is 42.5 Å². The number of hydrogen-bond donors (Lipinski definition) is 2. The van der Waals surface area contributed by atoms with Crippen LogP contribution in [0.2, 0.25) is 0 Å². The summed E-state index contributed by atoms with van der Waals surface area (Å²) >= 11 is 0. The van der Waals surface area contributed by atoms with Gasteiger partial charge in [0.1, 0.15) is 0 Å². The molecule has 1 fully saturated rings. The van der Waals surface area contributed by atoms with Gasteiger partial charge in [-0.25, -0.2) is 0 Å². The molecule has 2 aromatic carbocycles. The fraction of sp³-hybridized carbons (Fsp3) is 0.333. The lowest BCUT2D eigenvalue weighted by Crippen LogP contribution is -2.44. The SMILES string of the molecule is Nc1ccc(C2(N)CCCCC2c2ccccc2)cc1. The summed E-state index contributed by atoms with van der Waals surface area (Å²) in [6.45, 7) is 0. The van der Waals surface area contributed by atoms with Crippen LogP contribution in [-0.4, -0.2) is 0 Å². The Labute approximate surface area is 120 Å². The summed E-state index contributed by atoms with van der Waals surface area (Å²) in [5.41, 5.74) is 15.8. The molecule has 0 amide bonds. The van der Waals surface area contributed by atoms with E-state index in [-0.39, 0.29) is 5.54 Å². The van der Waals surface area contributed by atoms with Gasteiger partial charge in [-0.3, -0.25) is 0 Å². The van der Waals surface area contributed by atoms with Gasteiger partial charge in [0.25, 0.3) is 0 Å². The van der Waals surface area contributed by atoms with Gasteiger partial charge in [0.05, 0.1) is 0 Å². The van der Waals surface area contributed by atoms with Crippen molar-refractivity contribution in [3.05, 3.63) is 65.7 Å². The number of benzene rings is 2. The quantitative estimate of drug-likeness (QED) is 0.813. The van der Waals surface area contributed by atoms with Crippen LogP contribution >= 0.6 is 0 Å². The first-order valence-corrected chi connectivity index (χ1v) is 7.40. The molecule has 0 saturated heterocycles. The summed E-state index contributed by atoms with van der Waals surface area (Å²) in [5.74, 6) is 0.390. The van der Waals surface area contributed by atoms with Crippen molar-refractivity contribution in [3.63, 3.8) is 0 Å². The average molecular weight is 266 g/mol. The summed E-state index contributed by atoms with van der Waals surface area (Å²) in [7, 11) is 0. The number of rotatable bonds is 2. The van der Waals surface area contributed by atoms with Crippen LogP contribution in [0.4, 0.5) is 5.69 Å². The molecule has 3 rings (SSSR count). The van der Waals surface area contributed by atoms with E-state index < -0.39 is 0 Å². The van der Waals surface area contributed by atoms with Crippen molar-refractivity contribution in [2.24, 2.45) is 5.73 Å². The van der Waals surface area contributed by atoms with Gasteiger partial charge >= 0.3 is 0 Å². The Morgan fingerprint density at radius 1 is 0.900 bits per heavy atom. The molecular weight excluding hydrogens is 244 g/mol. The fourth-order valence-electron chi connectivity index (χ4n) is 3.49. The first-order valence-electron chi connectivity index (χ1n) is 7.40. The molecule has 20 heavy (non-hydrogen) atoms. The van der Waals surface area contributed by atoms with Crippen molar-refractivity contribution in [2.75, 3.05) is 5.73 Å². The molecule has 104 valence electrons. The van der Waals surface area contributed by atoms with E-state index >= 15 is 0 Å². The lowest BCUT2D eigenvalue weighted by molar-refractivity contribution is 0.254. The zero-order valence-electron chi connectivity index (χ0n) is 11.8. The molecule has 1 saturated carbocycles. The predicted octanol–water partition coefficient (Wildman–Crippen LogP) is 3.78. The predicted molar refractivity (Wildman–Crippen MR) is 84.4 cm³/mol. The summed E-state index contributed by atoms with van der Waals surface area (Å²) in [6.07, 6.45) is 4.65. The lowest BCUT2D eigenvalue weighted by Gasteiger charge is -2.42. The first-order chi connectivity index (χ1) is 9.70. The Balaban J connectivity index is 2.01. The summed E-state index contributed by atoms with van der Waals surface area (Å²) in [5, 5.41) is 0. The van der Waals surface area contributed by atoms with Crippen molar-refractivity contribution < 1.29 is 0 Å². The normalized spacial score (nSPS) is 26.4. The van der Waals surface area contributed by atoms with Crippen molar-refractivity contribution in [2.45, 2.75) is 37.1 Å². The topological polar surface area (TPSA) is 52.0 Å². The monoisotopic (exact) mass is 266 g/mol. The van der Waals surface area contributed by atoms with Gasteiger partial charge in [-0.1, -0.05) is 55.3 Å². The molecule has 2 atom stereocenters. The zero-order chi connectivity index (χ0) is 14.0. The highest BCUT2D eigenvalue weighted by Gasteiger charge is 2.39. The van der Waals surface area contributed by atoms with E-state index in [0.29, 0.717) is 5.92 Å². The molecular formula is C18H22N2. The second-order valence-corrected chi connectivity index (χ2v) is 5.87. The maximum atomic E-state index is 6.87. The van der Waals surface area contributed by atoms with E-state index in [0.717, 1.165) is 18.5 Å². The highest BCUT2D eigenvalue weighted by Crippen LogP contribution is 2.45. The van der Waals surface area contributed by atoms with E-state index in [9.17, 15) is 0 Å². The van der Waals surface area contributed by atoms with E-state index in [1.807, 2.05) is 12.1 Å². The van der Waals surface area contributed by atoms with Gasteiger partial charge in [0, 0.05) is 17.1 Å². The van der Waals surface area contributed by atoms with E-state index in [1.165, 1.54) is 24.0 Å². The molecule has 4 N–H and O–H groups in total. The van der Waals surface area contributed by atoms with Crippen LogP contribution in [-0.2, 0) is 5.54 Å². The van der Waals surface area contributed by atoms with Gasteiger partial charge < -0.3 is 11.5 Å². The number of nitrogen functional groups attached to an aromatic ring is 1. The Bertz CT molecular complexity index is 562. The van der Waals surface area contributed by atoms with Gasteiger partial charge in [0.15, 0.2) is 0 Å². The Kier molecular flexibility index (Phi) is 3.49. The molecule has 2 heteroatoms. The minimum Gasteiger partial charge on any atom is -0.399 e. The van der Waals surface area contributed by atoms with E-state index in [1.54, 1.807) is 0 Å². The maximum absolute atomic E-state index is 6.87. The third-order valence-corrected chi connectivity index (χ3v) is 4.61. The highest BCUT2D eigenvalue weighted by molar-refractivity contribution is 5.43. The maximum Gasteiger partial charge on any atom is 0.0479 e. The molecule has 0 heterocycles. The molecule has 0 aliphatic heterocycles. The second-order valence-electron chi connectivity index (χ2n) is 5.87. The Morgan fingerprint density at radius 3 is 2.30 bits per heavy atom. The van der Waals surface area contributed by atoms with Crippen LogP contribution < -0.4 is 11.5 Å². The first kappa shape index (κ1) is 13.2. The smallest absolute Gasteiger partial charge is 0.0479 e. The molecule has 2 nitrogen and oxygen atoms in total. The van der Waals surface area contributed by atoms with Crippen LogP contribution in [0.25, 0.3) is 0 Å². The van der Waals surface area contributed by atoms with Gasteiger partial charge in [-0.2, -0.15) is 0 Å². The molecule has 0 radical (unpaired) electrons. The molecule has 0 spiro atoms. The number of hydrogen-bond acceptors (Lipinski definition) is 2. The van der Waals surface area contributed by atoms with Gasteiger partial charge in [0.2, 0.25) is 0 Å². The van der Waals surface area contributed by atoms with E-state index in [4.69, 9.17) is 11.5 Å². The van der Waals surface area contributed by atoms with Crippen LogP contribution in [0, 0.1) is 0 Å².